The van der Waals surface area contributed by atoms with E-state index in [9.17, 15) is 8.42 Å². The molecule has 0 saturated carbocycles. The summed E-state index contributed by atoms with van der Waals surface area (Å²) in [5.74, 6) is 0.677. The standard InChI is InChI=1S/C21H27N5O2S.HI/c1-22-21(24-16-18-9-3-5-10-19(18)25-29(2,27)28)23-13-7-14-26-15-12-17-8-4-6-11-20(17)26;/h3-6,8-12,15,25H,7,13-14,16H2,1-2H3,(H2,22,23,24);1H. The van der Waals surface area contributed by atoms with Crippen molar-refractivity contribution in [3.63, 3.8) is 0 Å². The van der Waals surface area contributed by atoms with Gasteiger partial charge in [-0.25, -0.2) is 8.42 Å². The molecule has 30 heavy (non-hydrogen) atoms. The molecule has 2 aromatic carbocycles. The van der Waals surface area contributed by atoms with E-state index in [0.717, 1.165) is 31.3 Å². The molecule has 0 atom stereocenters. The number of rotatable bonds is 8. The van der Waals surface area contributed by atoms with Crippen LogP contribution in [0.3, 0.4) is 0 Å². The van der Waals surface area contributed by atoms with Gasteiger partial charge in [0.15, 0.2) is 5.96 Å². The SMILES string of the molecule is CN=C(NCCCn1ccc2ccccc21)NCc1ccccc1NS(C)(=O)=O.I. The zero-order chi connectivity index (χ0) is 20.7. The van der Waals surface area contributed by atoms with E-state index in [-0.39, 0.29) is 24.0 Å². The third-order valence-electron chi connectivity index (χ3n) is 4.53. The summed E-state index contributed by atoms with van der Waals surface area (Å²) in [5.41, 5.74) is 2.65. The second kappa shape index (κ2) is 11.2. The Kier molecular flexibility index (Phi) is 8.97. The number of halogens is 1. The number of sulfonamides is 1. The highest BCUT2D eigenvalue weighted by Gasteiger charge is 2.07. The van der Waals surface area contributed by atoms with Gasteiger partial charge >= 0.3 is 0 Å². The third kappa shape index (κ3) is 6.91. The summed E-state index contributed by atoms with van der Waals surface area (Å²) in [5, 5.41) is 7.79. The molecule has 0 bridgehead atoms. The minimum absolute atomic E-state index is 0. The van der Waals surface area contributed by atoms with Gasteiger partial charge in [-0.05, 0) is 35.6 Å². The second-order valence-electron chi connectivity index (χ2n) is 6.81. The predicted molar refractivity (Wildman–Crippen MR) is 135 cm³/mol. The summed E-state index contributed by atoms with van der Waals surface area (Å²) in [7, 11) is -1.61. The molecular weight excluding hydrogens is 513 g/mol. The molecule has 1 heterocycles. The fourth-order valence-electron chi connectivity index (χ4n) is 3.17. The molecule has 7 nitrogen and oxygen atoms in total. The Morgan fingerprint density at radius 2 is 1.77 bits per heavy atom. The minimum Gasteiger partial charge on any atom is -0.356 e. The Hall–Kier alpha value is -2.27. The van der Waals surface area contributed by atoms with Gasteiger partial charge in [0, 0.05) is 38.4 Å². The van der Waals surface area contributed by atoms with Crippen molar-refractivity contribution >= 4 is 56.5 Å². The second-order valence-corrected chi connectivity index (χ2v) is 8.55. The van der Waals surface area contributed by atoms with E-state index in [4.69, 9.17) is 0 Å². The molecule has 0 aliphatic heterocycles. The summed E-state index contributed by atoms with van der Waals surface area (Å²) in [6, 6.07) is 17.8. The average molecular weight is 541 g/mol. The maximum atomic E-state index is 11.5. The van der Waals surface area contributed by atoms with Crippen molar-refractivity contribution in [3.05, 3.63) is 66.4 Å². The molecule has 0 aliphatic carbocycles. The molecule has 162 valence electrons. The fraction of sp³-hybridized carbons (Fsp3) is 0.286. The van der Waals surface area contributed by atoms with E-state index in [1.807, 2.05) is 18.2 Å². The lowest BCUT2D eigenvalue weighted by molar-refractivity contribution is 0.606. The molecule has 1 aromatic heterocycles. The van der Waals surface area contributed by atoms with Crippen molar-refractivity contribution in [3.8, 4) is 0 Å². The number of fused-ring (bicyclic) bond motifs is 1. The van der Waals surface area contributed by atoms with E-state index in [1.54, 1.807) is 19.2 Å². The van der Waals surface area contributed by atoms with Gasteiger partial charge in [-0.1, -0.05) is 36.4 Å². The number of aliphatic imine (C=N–C) groups is 1. The van der Waals surface area contributed by atoms with E-state index in [0.29, 0.717) is 18.2 Å². The van der Waals surface area contributed by atoms with Crippen LogP contribution < -0.4 is 15.4 Å². The molecular formula is C21H28IN5O2S. The first kappa shape index (κ1) is 24.0. The van der Waals surface area contributed by atoms with E-state index in [2.05, 4.69) is 55.4 Å². The van der Waals surface area contributed by atoms with Gasteiger partial charge in [-0.15, -0.1) is 24.0 Å². The molecule has 0 amide bonds. The average Bonchev–Trinajstić information content (AvgIpc) is 3.10. The fourth-order valence-corrected chi connectivity index (χ4v) is 3.76. The van der Waals surface area contributed by atoms with Crippen LogP contribution in [0.5, 0.6) is 0 Å². The highest BCUT2D eigenvalue weighted by Crippen LogP contribution is 2.16. The van der Waals surface area contributed by atoms with E-state index in [1.165, 1.54) is 10.9 Å². The van der Waals surface area contributed by atoms with Gasteiger partial charge in [0.05, 0.1) is 11.9 Å². The largest absolute Gasteiger partial charge is 0.356 e. The summed E-state index contributed by atoms with van der Waals surface area (Å²) >= 11 is 0. The number of anilines is 1. The normalized spacial score (nSPS) is 11.7. The number of para-hydroxylation sites is 2. The zero-order valence-electron chi connectivity index (χ0n) is 17.1. The number of aryl methyl sites for hydroxylation is 1. The van der Waals surface area contributed by atoms with Gasteiger partial charge in [-0.3, -0.25) is 9.71 Å². The van der Waals surface area contributed by atoms with Crippen LogP contribution in [-0.4, -0.2) is 38.8 Å². The van der Waals surface area contributed by atoms with Gasteiger partial charge in [0.25, 0.3) is 0 Å². The zero-order valence-corrected chi connectivity index (χ0v) is 20.3. The summed E-state index contributed by atoms with van der Waals surface area (Å²) in [6.07, 6.45) is 4.21. The van der Waals surface area contributed by atoms with Crippen molar-refractivity contribution in [1.29, 1.82) is 0 Å². The first-order chi connectivity index (χ1) is 14.0. The molecule has 0 radical (unpaired) electrons. The number of nitrogens with one attached hydrogen (secondary N) is 3. The van der Waals surface area contributed by atoms with E-state index < -0.39 is 10.0 Å². The predicted octanol–water partition coefficient (Wildman–Crippen LogP) is 3.39. The van der Waals surface area contributed by atoms with Crippen LogP contribution in [-0.2, 0) is 23.1 Å². The maximum absolute atomic E-state index is 11.5. The van der Waals surface area contributed by atoms with Crippen LogP contribution >= 0.6 is 24.0 Å². The van der Waals surface area contributed by atoms with E-state index >= 15 is 0 Å². The van der Waals surface area contributed by atoms with Crippen LogP contribution in [0.4, 0.5) is 5.69 Å². The molecule has 0 saturated heterocycles. The lowest BCUT2D eigenvalue weighted by Crippen LogP contribution is -2.37. The van der Waals surface area contributed by atoms with Crippen LogP contribution in [0.2, 0.25) is 0 Å². The van der Waals surface area contributed by atoms with Gasteiger partial charge in [0.2, 0.25) is 10.0 Å². The van der Waals surface area contributed by atoms with Crippen LogP contribution in [0.15, 0.2) is 65.8 Å². The topological polar surface area (TPSA) is 87.5 Å². The lowest BCUT2D eigenvalue weighted by Gasteiger charge is -2.15. The first-order valence-electron chi connectivity index (χ1n) is 9.50. The van der Waals surface area contributed by atoms with Gasteiger partial charge in [-0.2, -0.15) is 0 Å². The molecule has 0 unspecified atom stereocenters. The van der Waals surface area contributed by atoms with Gasteiger partial charge in [0.1, 0.15) is 0 Å². The van der Waals surface area contributed by atoms with Crippen molar-refractivity contribution in [1.82, 2.24) is 15.2 Å². The maximum Gasteiger partial charge on any atom is 0.229 e. The molecule has 9 heteroatoms. The number of hydrogen-bond acceptors (Lipinski definition) is 3. The van der Waals surface area contributed by atoms with Crippen molar-refractivity contribution in [2.24, 2.45) is 4.99 Å². The smallest absolute Gasteiger partial charge is 0.229 e. The molecule has 0 spiro atoms. The highest BCUT2D eigenvalue weighted by molar-refractivity contribution is 14.0. The summed E-state index contributed by atoms with van der Waals surface area (Å²) < 4.78 is 27.9. The Balaban J connectivity index is 0.00000320. The Labute approximate surface area is 195 Å². The Morgan fingerprint density at radius 3 is 2.53 bits per heavy atom. The minimum atomic E-state index is -3.32. The number of guanidine groups is 1. The van der Waals surface area contributed by atoms with Crippen LogP contribution in [0, 0.1) is 0 Å². The van der Waals surface area contributed by atoms with Crippen LogP contribution in [0.1, 0.15) is 12.0 Å². The van der Waals surface area contributed by atoms with Crippen LogP contribution in [0.25, 0.3) is 10.9 Å². The highest BCUT2D eigenvalue weighted by atomic mass is 127. The molecule has 3 aromatic rings. The van der Waals surface area contributed by atoms with Crippen molar-refractivity contribution in [2.75, 3.05) is 24.6 Å². The van der Waals surface area contributed by atoms with Crippen molar-refractivity contribution in [2.45, 2.75) is 19.5 Å². The quantitative estimate of drug-likeness (QED) is 0.177. The Bertz CT molecular complexity index is 1100. The number of benzene rings is 2. The molecule has 3 rings (SSSR count). The molecule has 3 N–H and O–H groups in total. The third-order valence-corrected chi connectivity index (χ3v) is 5.12. The molecule has 0 aliphatic rings. The lowest BCUT2D eigenvalue weighted by atomic mass is 10.2. The molecule has 0 fully saturated rings. The number of nitrogens with zero attached hydrogens (tertiary/aromatic N) is 2. The van der Waals surface area contributed by atoms with Gasteiger partial charge < -0.3 is 15.2 Å². The van der Waals surface area contributed by atoms with Crippen molar-refractivity contribution < 1.29 is 8.42 Å². The summed E-state index contributed by atoms with van der Waals surface area (Å²) in [4.78, 5) is 4.24. The first-order valence-corrected chi connectivity index (χ1v) is 11.4. The number of hydrogen-bond donors (Lipinski definition) is 3. The summed E-state index contributed by atoms with van der Waals surface area (Å²) in [6.45, 7) is 2.15. The number of aromatic nitrogens is 1. The monoisotopic (exact) mass is 541 g/mol. The Morgan fingerprint density at radius 1 is 1.03 bits per heavy atom.